The summed E-state index contributed by atoms with van der Waals surface area (Å²) in [5.74, 6) is -2.71. The predicted octanol–water partition coefficient (Wildman–Crippen LogP) is 3.59. The van der Waals surface area contributed by atoms with Crippen LogP contribution in [0.25, 0.3) is 5.69 Å². The highest BCUT2D eigenvalue weighted by Crippen LogP contribution is 2.25. The zero-order valence-electron chi connectivity index (χ0n) is 19.5. The molecular formula is C25H22ClFN4O6. The molecule has 3 amide bonds. The summed E-state index contributed by atoms with van der Waals surface area (Å²) >= 11 is 5.88. The van der Waals surface area contributed by atoms with Crippen LogP contribution in [0.1, 0.15) is 16.8 Å². The number of halogens is 2. The van der Waals surface area contributed by atoms with Gasteiger partial charge < -0.3 is 25.4 Å². The highest BCUT2D eigenvalue weighted by molar-refractivity contribution is 6.30. The molecule has 192 valence electrons. The van der Waals surface area contributed by atoms with Crippen LogP contribution in [0.5, 0.6) is 0 Å². The van der Waals surface area contributed by atoms with E-state index in [4.69, 9.17) is 21.4 Å². The van der Waals surface area contributed by atoms with E-state index in [0.717, 1.165) is 29.0 Å². The van der Waals surface area contributed by atoms with E-state index in [0.29, 0.717) is 10.7 Å². The number of hydrogen-bond acceptors (Lipinski definition) is 5. The van der Waals surface area contributed by atoms with Gasteiger partial charge in [0.1, 0.15) is 11.9 Å². The lowest BCUT2D eigenvalue weighted by Crippen LogP contribution is -2.45. The normalized spacial score (nSPS) is 16.9. The van der Waals surface area contributed by atoms with Crippen LogP contribution in [0.4, 0.5) is 20.6 Å². The Balaban J connectivity index is 1.52. The average Bonchev–Trinajstić information content (AvgIpc) is 3.32. The Bertz CT molecular complexity index is 1410. The number of carbonyl (C=O) groups is 3. The van der Waals surface area contributed by atoms with Crippen molar-refractivity contribution in [2.24, 2.45) is 0 Å². The van der Waals surface area contributed by atoms with E-state index < -0.39 is 41.4 Å². The minimum absolute atomic E-state index is 0.0767. The molecule has 1 aromatic heterocycles. The molecule has 0 spiro atoms. The Morgan fingerprint density at radius 1 is 1.08 bits per heavy atom. The van der Waals surface area contributed by atoms with Crippen LogP contribution >= 0.6 is 11.6 Å². The number of rotatable bonds is 6. The zero-order valence-corrected chi connectivity index (χ0v) is 20.2. The fourth-order valence-electron chi connectivity index (χ4n) is 3.96. The van der Waals surface area contributed by atoms with E-state index in [1.165, 1.54) is 24.1 Å². The molecule has 10 nitrogen and oxygen atoms in total. The van der Waals surface area contributed by atoms with Gasteiger partial charge in [-0.25, -0.2) is 14.0 Å². The highest BCUT2D eigenvalue weighted by atomic mass is 35.5. The van der Waals surface area contributed by atoms with Crippen molar-refractivity contribution in [2.75, 3.05) is 24.3 Å². The summed E-state index contributed by atoms with van der Waals surface area (Å²) in [4.78, 5) is 50.7. The van der Waals surface area contributed by atoms with Crippen LogP contribution in [-0.2, 0) is 9.53 Å². The third-order valence-electron chi connectivity index (χ3n) is 5.90. The number of methoxy groups -OCH3 is 1. The third kappa shape index (κ3) is 5.79. The maximum absolute atomic E-state index is 14.9. The van der Waals surface area contributed by atoms with Gasteiger partial charge in [-0.05, 0) is 42.5 Å². The van der Waals surface area contributed by atoms with E-state index >= 15 is 0 Å². The maximum Gasteiger partial charge on any atom is 0.337 e. The third-order valence-corrected chi connectivity index (χ3v) is 6.15. The number of likely N-dealkylation sites (tertiary alicyclic amines) is 1. The molecule has 0 bridgehead atoms. The molecule has 0 saturated carbocycles. The van der Waals surface area contributed by atoms with Gasteiger partial charge in [-0.15, -0.1) is 0 Å². The Labute approximate surface area is 215 Å². The topological polar surface area (TPSA) is 130 Å². The molecule has 2 aromatic carbocycles. The molecule has 2 unspecified atom stereocenters. The van der Waals surface area contributed by atoms with Gasteiger partial charge in [-0.1, -0.05) is 11.6 Å². The standard InChI is InChI=1S/C25H22ClFN4O6/c1-37-18-11-21(31(13-18)25(36)28-16-5-3-15(26)4-6-16)23(33)29-20-8-7-17(10-19(20)27)30-12-14(24(34)35)2-9-22(30)32/h2-10,12,18,21H,11,13H2,1H3,(H,28,36)(H,29,33)(H,34,35). The van der Waals surface area contributed by atoms with Crippen molar-refractivity contribution in [3.63, 3.8) is 0 Å². The number of aromatic carboxylic acids is 1. The molecular weight excluding hydrogens is 507 g/mol. The van der Waals surface area contributed by atoms with Gasteiger partial charge in [0.05, 0.1) is 23.0 Å². The summed E-state index contributed by atoms with van der Waals surface area (Å²) in [5.41, 5.74) is -0.315. The number of aromatic nitrogens is 1. The van der Waals surface area contributed by atoms with E-state index in [1.54, 1.807) is 24.3 Å². The van der Waals surface area contributed by atoms with Crippen molar-refractivity contribution in [1.82, 2.24) is 9.47 Å². The number of carbonyl (C=O) groups excluding carboxylic acids is 2. The molecule has 1 fully saturated rings. The molecule has 1 aliphatic heterocycles. The van der Waals surface area contributed by atoms with Gasteiger partial charge in [0.15, 0.2) is 0 Å². The van der Waals surface area contributed by atoms with E-state index in [9.17, 15) is 23.6 Å². The van der Waals surface area contributed by atoms with Crippen LogP contribution in [0, 0.1) is 5.82 Å². The number of carboxylic acids is 1. The fraction of sp³-hybridized carbons (Fsp3) is 0.200. The number of ether oxygens (including phenoxy) is 1. The molecule has 12 heteroatoms. The first-order chi connectivity index (χ1) is 17.7. The summed E-state index contributed by atoms with van der Waals surface area (Å²) < 4.78 is 21.3. The van der Waals surface area contributed by atoms with Crippen LogP contribution in [0.15, 0.2) is 65.6 Å². The first-order valence-corrected chi connectivity index (χ1v) is 11.5. The second-order valence-corrected chi connectivity index (χ2v) is 8.72. The lowest BCUT2D eigenvalue weighted by molar-refractivity contribution is -0.119. The number of benzene rings is 2. The van der Waals surface area contributed by atoms with Crippen LogP contribution < -0.4 is 16.2 Å². The quantitative estimate of drug-likeness (QED) is 0.448. The number of amides is 3. The van der Waals surface area contributed by atoms with Gasteiger partial charge >= 0.3 is 12.0 Å². The molecule has 1 aliphatic rings. The van der Waals surface area contributed by atoms with Gasteiger partial charge in [0, 0.05) is 49.1 Å². The van der Waals surface area contributed by atoms with Gasteiger partial charge in [0.2, 0.25) is 5.91 Å². The van der Waals surface area contributed by atoms with Crippen molar-refractivity contribution in [1.29, 1.82) is 0 Å². The number of anilines is 2. The molecule has 1 saturated heterocycles. The monoisotopic (exact) mass is 528 g/mol. The summed E-state index contributed by atoms with van der Waals surface area (Å²) in [5, 5.41) is 14.8. The lowest BCUT2D eigenvalue weighted by atomic mass is 10.1. The van der Waals surface area contributed by atoms with E-state index in [1.807, 2.05) is 0 Å². The van der Waals surface area contributed by atoms with Crippen molar-refractivity contribution in [3.05, 3.63) is 87.6 Å². The SMILES string of the molecule is COC1CC(C(=O)Nc2ccc(-n3cc(C(=O)O)ccc3=O)cc2F)N(C(=O)Nc2ccc(Cl)cc2)C1. The lowest BCUT2D eigenvalue weighted by Gasteiger charge is -2.24. The molecule has 2 heterocycles. The number of nitrogens with zero attached hydrogens (tertiary/aromatic N) is 2. The number of hydrogen-bond donors (Lipinski definition) is 3. The summed E-state index contributed by atoms with van der Waals surface area (Å²) in [6.45, 7) is 0.151. The Hall–Kier alpha value is -4.22. The molecule has 3 aromatic rings. The smallest absolute Gasteiger partial charge is 0.337 e. The fourth-order valence-corrected chi connectivity index (χ4v) is 4.08. The zero-order chi connectivity index (χ0) is 26.7. The highest BCUT2D eigenvalue weighted by Gasteiger charge is 2.40. The average molecular weight is 529 g/mol. The van der Waals surface area contributed by atoms with Gasteiger partial charge in [-0.3, -0.25) is 14.2 Å². The predicted molar refractivity (Wildman–Crippen MR) is 134 cm³/mol. The maximum atomic E-state index is 14.9. The first-order valence-electron chi connectivity index (χ1n) is 11.1. The largest absolute Gasteiger partial charge is 0.478 e. The van der Waals surface area contributed by atoms with E-state index in [2.05, 4.69) is 10.6 Å². The Kier molecular flexibility index (Phi) is 7.55. The minimum Gasteiger partial charge on any atom is -0.478 e. The molecule has 0 radical (unpaired) electrons. The van der Waals surface area contributed by atoms with Crippen LogP contribution in [0.3, 0.4) is 0 Å². The summed E-state index contributed by atoms with van der Waals surface area (Å²) in [7, 11) is 1.47. The number of nitrogens with one attached hydrogen (secondary N) is 2. The first kappa shape index (κ1) is 25.9. The second-order valence-electron chi connectivity index (χ2n) is 8.28. The molecule has 0 aliphatic carbocycles. The van der Waals surface area contributed by atoms with Crippen LogP contribution in [0.2, 0.25) is 5.02 Å². The molecule has 3 N–H and O–H groups in total. The van der Waals surface area contributed by atoms with Crippen molar-refractivity contribution in [3.8, 4) is 5.69 Å². The van der Waals surface area contributed by atoms with Gasteiger partial charge in [0.25, 0.3) is 5.56 Å². The number of carboxylic acid groups (broad SMARTS) is 1. The molecule has 2 atom stereocenters. The molecule has 4 rings (SSSR count). The van der Waals surface area contributed by atoms with Crippen molar-refractivity contribution in [2.45, 2.75) is 18.6 Å². The van der Waals surface area contributed by atoms with Crippen molar-refractivity contribution >= 4 is 40.9 Å². The summed E-state index contributed by atoms with van der Waals surface area (Å²) in [6, 6.07) is 10.8. The van der Waals surface area contributed by atoms with Crippen molar-refractivity contribution < 1.29 is 28.6 Å². The van der Waals surface area contributed by atoms with E-state index in [-0.39, 0.29) is 29.9 Å². The Morgan fingerprint density at radius 2 is 1.81 bits per heavy atom. The second kappa shape index (κ2) is 10.8. The number of urea groups is 1. The Morgan fingerprint density at radius 3 is 2.46 bits per heavy atom. The number of pyridine rings is 1. The summed E-state index contributed by atoms with van der Waals surface area (Å²) in [6.07, 6.45) is 0.887. The minimum atomic E-state index is -1.24. The van der Waals surface area contributed by atoms with Crippen LogP contribution in [-0.4, -0.2) is 58.3 Å². The molecule has 37 heavy (non-hydrogen) atoms. The van der Waals surface area contributed by atoms with Gasteiger partial charge in [-0.2, -0.15) is 0 Å².